The Kier molecular flexibility index (Phi) is 5.44. The van der Waals surface area contributed by atoms with Gasteiger partial charge in [0.15, 0.2) is 16.3 Å². The van der Waals surface area contributed by atoms with Crippen molar-refractivity contribution in [2.45, 2.75) is 13.3 Å². The summed E-state index contributed by atoms with van der Waals surface area (Å²) in [6.45, 7) is 2.75. The molecule has 2 aromatic heterocycles. The predicted molar refractivity (Wildman–Crippen MR) is 113 cm³/mol. The van der Waals surface area contributed by atoms with Crippen LogP contribution < -0.4 is 20.4 Å². The summed E-state index contributed by atoms with van der Waals surface area (Å²) < 4.78 is 16.3. The SMILES string of the molecule is CCCOc1ccc(Nc2nnc(-c3cc4cccc(OC)c4oc3=O)s2)cc1. The molecule has 148 valence electrons. The molecule has 4 rings (SSSR count). The minimum atomic E-state index is -0.484. The van der Waals surface area contributed by atoms with Crippen LogP contribution in [0.5, 0.6) is 11.5 Å². The molecule has 0 spiro atoms. The molecule has 29 heavy (non-hydrogen) atoms. The van der Waals surface area contributed by atoms with Gasteiger partial charge in [0.25, 0.3) is 0 Å². The quantitative estimate of drug-likeness (QED) is 0.437. The number of anilines is 2. The van der Waals surface area contributed by atoms with E-state index in [1.807, 2.05) is 36.4 Å². The Morgan fingerprint density at radius 3 is 2.72 bits per heavy atom. The summed E-state index contributed by atoms with van der Waals surface area (Å²) >= 11 is 1.28. The van der Waals surface area contributed by atoms with Crippen molar-refractivity contribution in [1.82, 2.24) is 10.2 Å². The molecule has 7 nitrogen and oxygen atoms in total. The maximum atomic E-state index is 12.5. The summed E-state index contributed by atoms with van der Waals surface area (Å²) in [4.78, 5) is 12.5. The molecular formula is C21H19N3O4S. The van der Waals surface area contributed by atoms with Crippen molar-refractivity contribution in [2.75, 3.05) is 19.0 Å². The number of hydrogen-bond acceptors (Lipinski definition) is 8. The molecule has 8 heteroatoms. The van der Waals surface area contributed by atoms with Crippen LogP contribution in [-0.4, -0.2) is 23.9 Å². The van der Waals surface area contributed by atoms with Crippen molar-refractivity contribution in [3.8, 4) is 22.1 Å². The number of rotatable bonds is 7. The maximum Gasteiger partial charge on any atom is 0.346 e. The number of aromatic nitrogens is 2. The molecule has 4 aromatic rings. The highest BCUT2D eigenvalue weighted by molar-refractivity contribution is 7.18. The number of methoxy groups -OCH3 is 1. The summed E-state index contributed by atoms with van der Waals surface area (Å²) in [5.74, 6) is 1.33. The third-order valence-corrected chi connectivity index (χ3v) is 5.05. The second-order valence-corrected chi connectivity index (χ2v) is 7.21. The summed E-state index contributed by atoms with van der Waals surface area (Å²) in [5.41, 5.74) is 1.14. The molecule has 0 saturated heterocycles. The normalized spacial score (nSPS) is 10.8. The second-order valence-electron chi connectivity index (χ2n) is 6.24. The van der Waals surface area contributed by atoms with E-state index < -0.39 is 5.63 Å². The maximum absolute atomic E-state index is 12.5. The molecule has 0 fully saturated rings. The van der Waals surface area contributed by atoms with Crippen molar-refractivity contribution in [1.29, 1.82) is 0 Å². The first kappa shape index (κ1) is 18.9. The fraction of sp³-hybridized carbons (Fsp3) is 0.190. The average molecular weight is 409 g/mol. The van der Waals surface area contributed by atoms with Crippen LogP contribution in [0.2, 0.25) is 0 Å². The Balaban J connectivity index is 1.57. The number of nitrogens with zero attached hydrogens (tertiary/aromatic N) is 2. The highest BCUT2D eigenvalue weighted by atomic mass is 32.1. The van der Waals surface area contributed by atoms with E-state index >= 15 is 0 Å². The number of benzene rings is 2. The number of para-hydroxylation sites is 1. The van der Waals surface area contributed by atoms with Gasteiger partial charge in [0.2, 0.25) is 5.13 Å². The Bertz CT molecular complexity index is 1180. The average Bonchev–Trinajstić information content (AvgIpc) is 3.20. The van der Waals surface area contributed by atoms with Gasteiger partial charge in [0.1, 0.15) is 5.75 Å². The van der Waals surface area contributed by atoms with Gasteiger partial charge in [-0.25, -0.2) is 4.79 Å². The molecule has 0 radical (unpaired) electrons. The first-order valence-electron chi connectivity index (χ1n) is 9.12. The largest absolute Gasteiger partial charge is 0.494 e. The van der Waals surface area contributed by atoms with Gasteiger partial charge >= 0.3 is 5.63 Å². The fourth-order valence-electron chi connectivity index (χ4n) is 2.79. The third-order valence-electron chi connectivity index (χ3n) is 4.18. The Morgan fingerprint density at radius 1 is 1.14 bits per heavy atom. The van der Waals surface area contributed by atoms with E-state index in [2.05, 4.69) is 22.4 Å². The van der Waals surface area contributed by atoms with Gasteiger partial charge in [-0.05, 0) is 42.8 Å². The summed E-state index contributed by atoms with van der Waals surface area (Å²) in [6.07, 6.45) is 0.961. The molecule has 1 N–H and O–H groups in total. The molecule has 0 aliphatic heterocycles. The molecule has 2 heterocycles. The molecule has 0 unspecified atom stereocenters. The summed E-state index contributed by atoms with van der Waals surface area (Å²) in [5, 5.41) is 13.3. The van der Waals surface area contributed by atoms with Gasteiger partial charge in [-0.15, -0.1) is 10.2 Å². The highest BCUT2D eigenvalue weighted by Crippen LogP contribution is 2.31. The second kappa shape index (κ2) is 8.32. The molecule has 0 aliphatic rings. The van der Waals surface area contributed by atoms with E-state index in [0.29, 0.717) is 33.6 Å². The standard InChI is InChI=1S/C21H19N3O4S/c1-3-11-27-15-9-7-14(8-10-15)22-21-24-23-19(29-21)16-12-13-5-4-6-17(26-2)18(13)28-20(16)25/h4-10,12H,3,11H2,1-2H3,(H,22,24). The van der Waals surface area contributed by atoms with Gasteiger partial charge in [0.05, 0.1) is 19.3 Å². The van der Waals surface area contributed by atoms with Crippen molar-refractivity contribution >= 4 is 33.1 Å². The molecule has 0 saturated carbocycles. The van der Waals surface area contributed by atoms with Crippen molar-refractivity contribution in [2.24, 2.45) is 0 Å². The van der Waals surface area contributed by atoms with E-state index in [1.54, 1.807) is 12.1 Å². The molecular weight excluding hydrogens is 390 g/mol. The minimum Gasteiger partial charge on any atom is -0.494 e. The van der Waals surface area contributed by atoms with Crippen LogP contribution in [0, 0.1) is 0 Å². The van der Waals surface area contributed by atoms with Gasteiger partial charge in [-0.3, -0.25) is 0 Å². The fourth-order valence-corrected chi connectivity index (χ4v) is 3.56. The number of hydrogen-bond donors (Lipinski definition) is 1. The third kappa shape index (κ3) is 4.07. The van der Waals surface area contributed by atoms with E-state index in [-0.39, 0.29) is 0 Å². The number of ether oxygens (including phenoxy) is 2. The Hall–Kier alpha value is -3.39. The van der Waals surface area contributed by atoms with Crippen LogP contribution >= 0.6 is 11.3 Å². The van der Waals surface area contributed by atoms with Crippen LogP contribution in [0.4, 0.5) is 10.8 Å². The van der Waals surface area contributed by atoms with Crippen LogP contribution in [-0.2, 0) is 0 Å². The highest BCUT2D eigenvalue weighted by Gasteiger charge is 2.15. The van der Waals surface area contributed by atoms with Crippen molar-refractivity contribution < 1.29 is 13.9 Å². The zero-order chi connectivity index (χ0) is 20.2. The summed E-state index contributed by atoms with van der Waals surface area (Å²) in [7, 11) is 1.54. The summed E-state index contributed by atoms with van der Waals surface area (Å²) in [6, 6.07) is 14.8. The number of nitrogens with one attached hydrogen (secondary N) is 1. The van der Waals surface area contributed by atoms with Crippen LogP contribution in [0.3, 0.4) is 0 Å². The lowest BCUT2D eigenvalue weighted by atomic mass is 10.2. The molecule has 0 bridgehead atoms. The molecule has 0 aliphatic carbocycles. The zero-order valence-corrected chi connectivity index (χ0v) is 16.8. The minimum absolute atomic E-state index is 0.361. The molecule has 0 amide bonds. The van der Waals surface area contributed by atoms with Gasteiger partial charge < -0.3 is 19.2 Å². The van der Waals surface area contributed by atoms with Crippen molar-refractivity contribution in [3.05, 3.63) is 59.0 Å². The first-order valence-corrected chi connectivity index (χ1v) is 9.94. The number of fused-ring (bicyclic) bond motifs is 1. The predicted octanol–water partition coefficient (Wildman–Crippen LogP) is 4.85. The Labute approximate surface area is 170 Å². The van der Waals surface area contributed by atoms with Gasteiger partial charge in [0, 0.05) is 11.1 Å². The van der Waals surface area contributed by atoms with Crippen LogP contribution in [0.15, 0.2) is 57.7 Å². The Morgan fingerprint density at radius 2 is 1.97 bits per heavy atom. The van der Waals surface area contributed by atoms with Gasteiger partial charge in [-0.1, -0.05) is 30.4 Å². The monoisotopic (exact) mass is 409 g/mol. The van der Waals surface area contributed by atoms with Crippen molar-refractivity contribution in [3.63, 3.8) is 0 Å². The lowest BCUT2D eigenvalue weighted by Crippen LogP contribution is -2.03. The van der Waals surface area contributed by atoms with Crippen LogP contribution in [0.25, 0.3) is 21.5 Å². The zero-order valence-electron chi connectivity index (χ0n) is 16.0. The molecule has 2 aromatic carbocycles. The molecule has 0 atom stereocenters. The first-order chi connectivity index (χ1) is 14.2. The lowest BCUT2D eigenvalue weighted by Gasteiger charge is -2.06. The van der Waals surface area contributed by atoms with E-state index in [9.17, 15) is 4.79 Å². The van der Waals surface area contributed by atoms with E-state index in [1.165, 1.54) is 18.4 Å². The van der Waals surface area contributed by atoms with E-state index in [4.69, 9.17) is 13.9 Å². The van der Waals surface area contributed by atoms with E-state index in [0.717, 1.165) is 23.2 Å². The van der Waals surface area contributed by atoms with Gasteiger partial charge in [-0.2, -0.15) is 0 Å². The topological polar surface area (TPSA) is 86.5 Å². The van der Waals surface area contributed by atoms with Crippen LogP contribution in [0.1, 0.15) is 13.3 Å². The smallest absolute Gasteiger partial charge is 0.346 e. The lowest BCUT2D eigenvalue weighted by molar-refractivity contribution is 0.317.